The van der Waals surface area contributed by atoms with Gasteiger partial charge >= 0.3 is 0 Å². The van der Waals surface area contributed by atoms with E-state index in [1.165, 1.54) is 6.92 Å². The first-order valence-corrected chi connectivity index (χ1v) is 19.3. The Morgan fingerprint density at radius 1 is 0.704 bits per heavy atom. The smallest absolute Gasteiger partial charge is 0.187 e. The van der Waals surface area contributed by atoms with Crippen LogP contribution in [0.15, 0.2) is 4.99 Å². The number of aliphatic hydroxyl groups excluding tert-OH is 7. The zero-order valence-corrected chi connectivity index (χ0v) is 32.7. The quantitative estimate of drug-likeness (QED) is 0.0528. The monoisotopic (exact) mass is 780 g/mol. The highest BCUT2D eigenvalue weighted by Crippen LogP contribution is 2.40. The molecule has 20 unspecified atom stereocenters. The molecule has 4 fully saturated rings. The third-order valence-electron chi connectivity index (χ3n) is 11.2. The molecule has 0 amide bonds. The number of rotatable bonds is 14. The summed E-state index contributed by atoms with van der Waals surface area (Å²) >= 11 is 0. The minimum absolute atomic E-state index is 0.000278. The summed E-state index contributed by atoms with van der Waals surface area (Å²) in [6.45, 7) is 12.4. The first-order valence-electron chi connectivity index (χ1n) is 19.3. The molecule has 4 rings (SSSR count). The Bertz CT molecular complexity index is 1170. The highest BCUT2D eigenvalue weighted by Gasteiger charge is 2.53. The summed E-state index contributed by atoms with van der Waals surface area (Å²) in [5.41, 5.74) is 15.7. The SMILES string of the molecule is CC(=O)C(N)CCCN=C(N)N.CCC1OC(OC2C(CO)OC(OC3C(O)C(C)CC(C)C3OC3OC(CC)C(O)C(O)C3C)C2O)C(C)C(O)C1O. The normalized spacial score (nSPS) is 44.5. The fourth-order valence-electron chi connectivity index (χ4n) is 7.52. The van der Waals surface area contributed by atoms with Gasteiger partial charge < -0.3 is 81.4 Å². The number of nitrogens with two attached hydrogens (primary N) is 3. The van der Waals surface area contributed by atoms with Crippen molar-refractivity contribution in [1.29, 1.82) is 0 Å². The van der Waals surface area contributed by atoms with Crippen LogP contribution < -0.4 is 17.2 Å². The second-order valence-corrected chi connectivity index (χ2v) is 15.4. The number of carbonyl (C=O) groups is 1. The third kappa shape index (κ3) is 11.5. The molecule has 316 valence electrons. The van der Waals surface area contributed by atoms with E-state index in [2.05, 4.69) is 4.99 Å². The minimum atomic E-state index is -1.39. The average Bonchev–Trinajstić information content (AvgIpc) is 3.43. The van der Waals surface area contributed by atoms with Crippen molar-refractivity contribution in [2.24, 2.45) is 45.9 Å². The van der Waals surface area contributed by atoms with Crippen molar-refractivity contribution in [2.45, 2.75) is 179 Å². The number of nitrogens with zero attached hydrogens (tertiary/aromatic N) is 1. The minimum Gasteiger partial charge on any atom is -0.394 e. The Labute approximate surface area is 318 Å². The molecule has 1 saturated carbocycles. The molecular formula is C36H68N4O14. The van der Waals surface area contributed by atoms with Crippen LogP contribution in [0, 0.1) is 23.7 Å². The number of hydrogen-bond acceptors (Lipinski definition) is 16. The van der Waals surface area contributed by atoms with Crippen molar-refractivity contribution in [2.75, 3.05) is 13.2 Å². The Morgan fingerprint density at radius 2 is 1.19 bits per heavy atom. The topological polar surface area (TPSA) is 304 Å². The Hall–Kier alpha value is -1.62. The highest BCUT2D eigenvalue weighted by molar-refractivity contribution is 5.81. The van der Waals surface area contributed by atoms with E-state index in [-0.39, 0.29) is 29.6 Å². The molecule has 18 nitrogen and oxygen atoms in total. The van der Waals surface area contributed by atoms with Gasteiger partial charge in [-0.3, -0.25) is 9.79 Å². The molecule has 0 aromatic carbocycles. The summed E-state index contributed by atoms with van der Waals surface area (Å²) < 4.78 is 36.4. The van der Waals surface area contributed by atoms with E-state index < -0.39 is 111 Å². The molecule has 20 atom stereocenters. The average molecular weight is 781 g/mol. The third-order valence-corrected chi connectivity index (χ3v) is 11.2. The van der Waals surface area contributed by atoms with Crippen LogP contribution in [-0.4, -0.2) is 159 Å². The summed E-state index contributed by atoms with van der Waals surface area (Å²) in [7, 11) is 0. The highest BCUT2D eigenvalue weighted by atomic mass is 16.8. The van der Waals surface area contributed by atoms with E-state index in [1.54, 1.807) is 13.8 Å². The lowest BCUT2D eigenvalue weighted by atomic mass is 9.77. The summed E-state index contributed by atoms with van der Waals surface area (Å²) in [5.74, 6) is -1.39. The number of aliphatic imine (C=N–C) groups is 1. The number of ether oxygens (including phenoxy) is 6. The fourth-order valence-corrected chi connectivity index (χ4v) is 7.52. The van der Waals surface area contributed by atoms with E-state index in [0.29, 0.717) is 32.2 Å². The van der Waals surface area contributed by atoms with Gasteiger partial charge in [-0.2, -0.15) is 0 Å². The van der Waals surface area contributed by atoms with Gasteiger partial charge in [-0.05, 0) is 50.9 Å². The standard InChI is InChI=1S/C29H52O13.C7H16N4O/c1-7-15-21(34)19(32)13(5)27(37-15)40-24-12(4)9-11(3)18(31)26(24)42-29-23(36)25(17(10-30)39-29)41-28-14(6)20(33)22(35)16(8-2)38-28;1-5(12)6(8)3-2-4-11-7(9)10/h11-36H,7-10H2,1-6H3;6H,2-4,8H2,1H3,(H4,9,10,11). The van der Waals surface area contributed by atoms with Crippen LogP contribution in [0.3, 0.4) is 0 Å². The van der Waals surface area contributed by atoms with Gasteiger partial charge in [0.1, 0.15) is 42.4 Å². The van der Waals surface area contributed by atoms with Gasteiger partial charge in [0.25, 0.3) is 0 Å². The molecule has 0 aromatic rings. The van der Waals surface area contributed by atoms with E-state index in [9.17, 15) is 40.5 Å². The number of carbonyl (C=O) groups excluding carboxylic acids is 1. The summed E-state index contributed by atoms with van der Waals surface area (Å²) in [4.78, 5) is 14.4. The molecule has 0 radical (unpaired) electrons. The Morgan fingerprint density at radius 3 is 1.65 bits per heavy atom. The molecule has 0 spiro atoms. The summed E-state index contributed by atoms with van der Waals surface area (Å²) in [6, 6.07) is -0.376. The van der Waals surface area contributed by atoms with Crippen molar-refractivity contribution in [3.05, 3.63) is 0 Å². The van der Waals surface area contributed by atoms with Gasteiger partial charge in [0.15, 0.2) is 24.8 Å². The summed E-state index contributed by atoms with van der Waals surface area (Å²) in [5, 5.41) is 74.4. The van der Waals surface area contributed by atoms with Crippen LogP contribution in [-0.2, 0) is 33.2 Å². The van der Waals surface area contributed by atoms with Crippen LogP contribution >= 0.6 is 0 Å². The first kappa shape index (κ1) is 46.8. The Kier molecular flexibility index (Phi) is 18.4. The number of hydrogen-bond donors (Lipinski definition) is 10. The van der Waals surface area contributed by atoms with Crippen LogP contribution in [0.2, 0.25) is 0 Å². The lowest BCUT2D eigenvalue weighted by molar-refractivity contribution is -0.325. The maximum atomic E-state index is 11.3. The predicted octanol–water partition coefficient (Wildman–Crippen LogP) is -1.80. The number of aliphatic hydroxyl groups is 7. The molecule has 1 aliphatic carbocycles. The lowest BCUT2D eigenvalue weighted by Gasteiger charge is -2.47. The number of ketones is 1. The molecule has 4 aliphatic rings. The second-order valence-electron chi connectivity index (χ2n) is 15.4. The molecule has 0 aromatic heterocycles. The largest absolute Gasteiger partial charge is 0.394 e. The van der Waals surface area contributed by atoms with Crippen molar-refractivity contribution in [3.8, 4) is 0 Å². The number of guanidine groups is 1. The molecular weight excluding hydrogens is 712 g/mol. The van der Waals surface area contributed by atoms with Crippen LogP contribution in [0.1, 0.15) is 80.6 Å². The molecule has 3 aliphatic heterocycles. The van der Waals surface area contributed by atoms with Crippen molar-refractivity contribution in [3.63, 3.8) is 0 Å². The maximum absolute atomic E-state index is 11.3. The molecule has 3 saturated heterocycles. The summed E-state index contributed by atoms with van der Waals surface area (Å²) in [6.07, 6.45) is -12.0. The molecule has 0 bridgehead atoms. The van der Waals surface area contributed by atoms with E-state index in [1.807, 2.05) is 27.7 Å². The zero-order valence-electron chi connectivity index (χ0n) is 32.7. The van der Waals surface area contributed by atoms with Crippen LogP contribution in [0.25, 0.3) is 0 Å². The van der Waals surface area contributed by atoms with Gasteiger partial charge in [-0.15, -0.1) is 0 Å². The fraction of sp³-hybridized carbons (Fsp3) is 0.944. The van der Waals surface area contributed by atoms with E-state index in [0.717, 1.165) is 6.42 Å². The van der Waals surface area contributed by atoms with Gasteiger partial charge in [0, 0.05) is 18.4 Å². The van der Waals surface area contributed by atoms with Gasteiger partial charge in [-0.25, -0.2) is 0 Å². The second kappa shape index (κ2) is 21.2. The van der Waals surface area contributed by atoms with E-state index >= 15 is 0 Å². The van der Waals surface area contributed by atoms with Crippen molar-refractivity contribution >= 4 is 11.7 Å². The van der Waals surface area contributed by atoms with Gasteiger partial charge in [0.05, 0.1) is 49.3 Å². The van der Waals surface area contributed by atoms with Crippen molar-refractivity contribution in [1.82, 2.24) is 0 Å². The molecule has 54 heavy (non-hydrogen) atoms. The Balaban J connectivity index is 0.000000562. The lowest BCUT2D eigenvalue weighted by Crippen LogP contribution is -2.59. The van der Waals surface area contributed by atoms with E-state index in [4.69, 9.17) is 45.6 Å². The van der Waals surface area contributed by atoms with Crippen LogP contribution in [0.4, 0.5) is 0 Å². The number of Topliss-reactive ketones (excluding diaryl/α,β-unsaturated/α-hetero) is 1. The van der Waals surface area contributed by atoms with Gasteiger partial charge in [-0.1, -0.05) is 41.5 Å². The first-order chi connectivity index (χ1) is 25.4. The predicted molar refractivity (Wildman–Crippen MR) is 194 cm³/mol. The van der Waals surface area contributed by atoms with Crippen molar-refractivity contribution < 1.29 is 69.0 Å². The molecule has 13 N–H and O–H groups in total. The maximum Gasteiger partial charge on any atom is 0.187 e. The van der Waals surface area contributed by atoms with Crippen LogP contribution in [0.5, 0.6) is 0 Å². The molecule has 3 heterocycles. The van der Waals surface area contributed by atoms with Gasteiger partial charge in [0.2, 0.25) is 0 Å². The zero-order chi connectivity index (χ0) is 40.6. The molecule has 18 heteroatoms.